The first-order chi connectivity index (χ1) is 12.5. The molecule has 2 aromatic rings. The van der Waals surface area contributed by atoms with Gasteiger partial charge in [-0.05, 0) is 72.7 Å². The van der Waals surface area contributed by atoms with Crippen LogP contribution in [0.5, 0.6) is 5.75 Å². The highest BCUT2D eigenvalue weighted by Crippen LogP contribution is 2.41. The Hall–Kier alpha value is -1.95. The molecule has 2 aromatic carbocycles. The minimum atomic E-state index is -0.600. The molecule has 26 heavy (non-hydrogen) atoms. The van der Waals surface area contributed by atoms with Crippen LogP contribution in [0.1, 0.15) is 34.7 Å². The van der Waals surface area contributed by atoms with Crippen LogP contribution in [-0.4, -0.2) is 30.5 Å². The quantitative estimate of drug-likeness (QED) is 0.885. The highest BCUT2D eigenvalue weighted by atomic mass is 19.1. The zero-order chi connectivity index (χ0) is 18.4. The first-order valence-electron chi connectivity index (χ1n) is 9.06. The monoisotopic (exact) mass is 357 g/mol. The third kappa shape index (κ3) is 2.90. The molecular weight excluding hydrogens is 333 g/mol. The van der Waals surface area contributed by atoms with Crippen LogP contribution in [0.3, 0.4) is 0 Å². The topological polar surface area (TPSA) is 64.7 Å². The molecule has 0 spiro atoms. The summed E-state index contributed by atoms with van der Waals surface area (Å²) in [6.45, 7) is 4.76. The maximum absolute atomic E-state index is 14.2. The average Bonchev–Trinajstić information content (AvgIpc) is 3.16. The minimum Gasteiger partial charge on any atom is -0.485 e. The highest BCUT2D eigenvalue weighted by molar-refractivity contribution is 5.76. The van der Waals surface area contributed by atoms with Crippen LogP contribution in [0, 0.1) is 19.7 Å². The van der Waals surface area contributed by atoms with Crippen molar-refractivity contribution in [3.8, 4) is 16.9 Å². The van der Waals surface area contributed by atoms with Crippen molar-refractivity contribution in [2.24, 2.45) is 5.73 Å². The standard InChI is InChI=1S/C21H24FNO3/c1-11-7-13(26-19-10-25-9-18(19)24)8-12(2)20(11)14-3-5-16(22)21-15(14)4-6-17(21)23/h3,5,7-8,17-19,24H,4,6,9-10,23H2,1-2H3/t17-,18-,19-/m1/s1. The third-order valence-corrected chi connectivity index (χ3v) is 5.44. The predicted molar refractivity (Wildman–Crippen MR) is 97.8 cm³/mol. The van der Waals surface area contributed by atoms with E-state index in [0.29, 0.717) is 24.5 Å². The number of aliphatic hydroxyl groups excluding tert-OH is 1. The van der Waals surface area contributed by atoms with Crippen LogP contribution in [0.25, 0.3) is 11.1 Å². The van der Waals surface area contributed by atoms with Gasteiger partial charge in [0.05, 0.1) is 13.2 Å². The van der Waals surface area contributed by atoms with E-state index in [1.54, 1.807) is 0 Å². The molecule has 1 aliphatic carbocycles. The third-order valence-electron chi connectivity index (χ3n) is 5.44. The summed E-state index contributed by atoms with van der Waals surface area (Å²) in [5, 5.41) is 9.88. The summed E-state index contributed by atoms with van der Waals surface area (Å²) < 4.78 is 25.4. The molecule has 0 amide bonds. The number of nitrogens with two attached hydrogens (primary N) is 1. The summed E-state index contributed by atoms with van der Waals surface area (Å²) in [5.74, 6) is 0.507. The van der Waals surface area contributed by atoms with E-state index in [9.17, 15) is 9.50 Å². The summed E-state index contributed by atoms with van der Waals surface area (Å²) in [6.07, 6.45) is 0.638. The van der Waals surface area contributed by atoms with E-state index in [0.717, 1.165) is 40.7 Å². The zero-order valence-electron chi connectivity index (χ0n) is 15.1. The number of fused-ring (bicyclic) bond motifs is 1. The molecule has 0 bridgehead atoms. The lowest BCUT2D eigenvalue weighted by atomic mass is 9.90. The highest BCUT2D eigenvalue weighted by Gasteiger charge is 2.29. The molecule has 138 valence electrons. The lowest BCUT2D eigenvalue weighted by Crippen LogP contribution is -2.29. The maximum atomic E-state index is 14.2. The van der Waals surface area contributed by atoms with Gasteiger partial charge in [0.25, 0.3) is 0 Å². The normalized spacial score (nSPS) is 24.7. The van der Waals surface area contributed by atoms with Gasteiger partial charge in [-0.1, -0.05) is 6.07 Å². The predicted octanol–water partition coefficient (Wildman–Crippen LogP) is 3.19. The molecule has 3 atom stereocenters. The summed E-state index contributed by atoms with van der Waals surface area (Å²) in [7, 11) is 0. The number of hydrogen-bond donors (Lipinski definition) is 2. The first kappa shape index (κ1) is 17.5. The number of benzene rings is 2. The molecule has 0 radical (unpaired) electrons. The Morgan fingerprint density at radius 1 is 1.19 bits per heavy atom. The molecule has 1 fully saturated rings. The lowest BCUT2D eigenvalue weighted by Gasteiger charge is -2.20. The molecule has 1 saturated heterocycles. The Kier molecular flexibility index (Phi) is 4.47. The van der Waals surface area contributed by atoms with Gasteiger partial charge in [-0.15, -0.1) is 0 Å². The van der Waals surface area contributed by atoms with Crippen LogP contribution >= 0.6 is 0 Å². The van der Waals surface area contributed by atoms with Gasteiger partial charge in [-0.3, -0.25) is 0 Å². The van der Waals surface area contributed by atoms with Gasteiger partial charge in [0.15, 0.2) is 0 Å². The van der Waals surface area contributed by atoms with Crippen LogP contribution < -0.4 is 10.5 Å². The largest absolute Gasteiger partial charge is 0.485 e. The van der Waals surface area contributed by atoms with Gasteiger partial charge >= 0.3 is 0 Å². The van der Waals surface area contributed by atoms with Gasteiger partial charge in [-0.25, -0.2) is 4.39 Å². The van der Waals surface area contributed by atoms with Crippen molar-refractivity contribution in [1.29, 1.82) is 0 Å². The Morgan fingerprint density at radius 3 is 2.58 bits per heavy atom. The molecule has 0 unspecified atom stereocenters. The smallest absolute Gasteiger partial charge is 0.150 e. The molecule has 0 aromatic heterocycles. The van der Waals surface area contributed by atoms with Crippen molar-refractivity contribution in [2.45, 2.75) is 44.9 Å². The molecular formula is C21H24FNO3. The van der Waals surface area contributed by atoms with Crippen molar-refractivity contribution in [2.75, 3.05) is 13.2 Å². The second kappa shape index (κ2) is 6.65. The Labute approximate surface area is 152 Å². The lowest BCUT2D eigenvalue weighted by molar-refractivity contribution is 0.0733. The van der Waals surface area contributed by atoms with Crippen LogP contribution in [0.15, 0.2) is 24.3 Å². The Morgan fingerprint density at radius 2 is 1.92 bits per heavy atom. The molecule has 4 nitrogen and oxygen atoms in total. The number of halogens is 1. The number of rotatable bonds is 3. The van der Waals surface area contributed by atoms with Gasteiger partial charge in [0, 0.05) is 11.6 Å². The maximum Gasteiger partial charge on any atom is 0.150 e. The molecule has 4 rings (SSSR count). The van der Waals surface area contributed by atoms with E-state index in [4.69, 9.17) is 15.2 Å². The Bertz CT molecular complexity index is 828. The summed E-state index contributed by atoms with van der Waals surface area (Å²) in [4.78, 5) is 0. The van der Waals surface area contributed by atoms with E-state index in [2.05, 4.69) is 0 Å². The zero-order valence-corrected chi connectivity index (χ0v) is 15.1. The fraction of sp³-hybridized carbons (Fsp3) is 0.429. The fourth-order valence-electron chi connectivity index (χ4n) is 4.21. The van der Waals surface area contributed by atoms with Gasteiger partial charge in [0.1, 0.15) is 23.8 Å². The van der Waals surface area contributed by atoms with Gasteiger partial charge in [0.2, 0.25) is 0 Å². The van der Waals surface area contributed by atoms with Crippen molar-refractivity contribution >= 4 is 0 Å². The fourth-order valence-corrected chi connectivity index (χ4v) is 4.21. The van der Waals surface area contributed by atoms with Crippen molar-refractivity contribution in [1.82, 2.24) is 0 Å². The van der Waals surface area contributed by atoms with Crippen molar-refractivity contribution in [3.05, 3.63) is 52.3 Å². The number of ether oxygens (including phenoxy) is 2. The minimum absolute atomic E-state index is 0.209. The Balaban J connectivity index is 1.73. The second-order valence-electron chi connectivity index (χ2n) is 7.33. The molecule has 5 heteroatoms. The molecule has 0 saturated carbocycles. The van der Waals surface area contributed by atoms with E-state index in [1.165, 1.54) is 6.07 Å². The van der Waals surface area contributed by atoms with Crippen LogP contribution in [0.4, 0.5) is 4.39 Å². The SMILES string of the molecule is Cc1cc(O[C@@H]2COC[C@H]2O)cc(C)c1-c1ccc(F)c2c1CC[C@H]2N. The summed E-state index contributed by atoms with van der Waals surface area (Å²) in [6, 6.07) is 7.10. The summed E-state index contributed by atoms with van der Waals surface area (Å²) >= 11 is 0. The van der Waals surface area contributed by atoms with E-state index >= 15 is 0 Å². The first-order valence-corrected chi connectivity index (χ1v) is 9.06. The van der Waals surface area contributed by atoms with Gasteiger partial charge in [-0.2, -0.15) is 0 Å². The van der Waals surface area contributed by atoms with E-state index in [-0.39, 0.29) is 18.0 Å². The van der Waals surface area contributed by atoms with Gasteiger partial charge < -0.3 is 20.3 Å². The van der Waals surface area contributed by atoms with Crippen molar-refractivity contribution < 1.29 is 19.0 Å². The number of aliphatic hydroxyl groups is 1. The number of aryl methyl sites for hydroxylation is 2. The van der Waals surface area contributed by atoms with Crippen molar-refractivity contribution in [3.63, 3.8) is 0 Å². The average molecular weight is 357 g/mol. The summed E-state index contributed by atoms with van der Waals surface area (Å²) in [5.41, 5.74) is 12.1. The van der Waals surface area contributed by atoms with E-state index < -0.39 is 6.10 Å². The number of hydrogen-bond acceptors (Lipinski definition) is 4. The molecule has 1 aliphatic heterocycles. The van der Waals surface area contributed by atoms with E-state index in [1.807, 2.05) is 32.0 Å². The second-order valence-corrected chi connectivity index (χ2v) is 7.33. The molecule has 2 aliphatic rings. The van der Waals surface area contributed by atoms with Crippen LogP contribution in [0.2, 0.25) is 0 Å². The molecule has 1 heterocycles. The molecule has 3 N–H and O–H groups in total. The van der Waals surface area contributed by atoms with Crippen LogP contribution in [-0.2, 0) is 11.2 Å².